The fourth-order valence-electron chi connectivity index (χ4n) is 2.23. The Morgan fingerprint density at radius 2 is 1.71 bits per heavy atom. The van der Waals surface area contributed by atoms with Crippen LogP contribution in [0.2, 0.25) is 0 Å². The lowest BCUT2D eigenvalue weighted by molar-refractivity contribution is 0.354. The molecule has 1 aromatic carbocycles. The molecule has 3 nitrogen and oxygen atoms in total. The minimum Gasteiger partial charge on any atom is -0.493 e. The summed E-state index contributed by atoms with van der Waals surface area (Å²) in [6.07, 6.45) is 2.06. The molecule has 0 spiro atoms. The molecule has 0 aromatic heterocycles. The average molecular weight is 233 g/mol. The fourth-order valence-corrected chi connectivity index (χ4v) is 2.23. The largest absolute Gasteiger partial charge is 0.493 e. The van der Waals surface area contributed by atoms with Gasteiger partial charge in [0.05, 0.1) is 14.2 Å². The third-order valence-electron chi connectivity index (χ3n) is 2.97. The van der Waals surface area contributed by atoms with Gasteiger partial charge in [-0.05, 0) is 44.4 Å². The number of fused-ring (bicyclic) bond motifs is 1. The Hall–Kier alpha value is -1.51. The van der Waals surface area contributed by atoms with E-state index in [1.54, 1.807) is 14.2 Å². The van der Waals surface area contributed by atoms with Gasteiger partial charge in [0.2, 0.25) is 0 Å². The maximum absolute atomic E-state index is 5.33. The predicted molar refractivity (Wildman–Crippen MR) is 69.5 cm³/mol. The van der Waals surface area contributed by atoms with Crippen molar-refractivity contribution in [3.63, 3.8) is 0 Å². The standard InChI is InChI=1S/C14H19NO2/c1-9(2)15-12-6-5-10-7-13(16-3)14(17-4)8-11(10)12/h7-9H,5-6H2,1-4H3. The Morgan fingerprint density at radius 1 is 1.06 bits per heavy atom. The molecule has 0 unspecified atom stereocenters. The lowest BCUT2D eigenvalue weighted by Gasteiger charge is -2.10. The molecule has 0 saturated heterocycles. The first-order valence-corrected chi connectivity index (χ1v) is 5.97. The Kier molecular flexibility index (Phi) is 3.36. The lowest BCUT2D eigenvalue weighted by Crippen LogP contribution is -2.01. The molecule has 3 heteroatoms. The normalized spacial score (nSPS) is 16.4. The summed E-state index contributed by atoms with van der Waals surface area (Å²) in [4.78, 5) is 4.67. The molecular weight excluding hydrogens is 214 g/mol. The van der Waals surface area contributed by atoms with Crippen molar-refractivity contribution in [3.05, 3.63) is 23.3 Å². The summed E-state index contributed by atoms with van der Waals surface area (Å²) in [5.41, 5.74) is 3.72. The molecule has 2 rings (SSSR count). The molecule has 0 amide bonds. The number of nitrogens with zero attached hydrogens (tertiary/aromatic N) is 1. The van der Waals surface area contributed by atoms with Gasteiger partial charge in [-0.2, -0.15) is 0 Å². The van der Waals surface area contributed by atoms with Gasteiger partial charge >= 0.3 is 0 Å². The summed E-state index contributed by atoms with van der Waals surface area (Å²) >= 11 is 0. The molecule has 92 valence electrons. The first-order chi connectivity index (χ1) is 8.15. The second kappa shape index (κ2) is 4.78. The van der Waals surface area contributed by atoms with Gasteiger partial charge in [-0.3, -0.25) is 4.99 Å². The maximum Gasteiger partial charge on any atom is 0.161 e. The van der Waals surface area contributed by atoms with Crippen LogP contribution in [0.4, 0.5) is 0 Å². The van der Waals surface area contributed by atoms with Crippen molar-refractivity contribution in [2.24, 2.45) is 4.99 Å². The molecule has 17 heavy (non-hydrogen) atoms. The van der Waals surface area contributed by atoms with Gasteiger partial charge in [0, 0.05) is 17.3 Å². The van der Waals surface area contributed by atoms with Crippen LogP contribution >= 0.6 is 0 Å². The van der Waals surface area contributed by atoms with E-state index < -0.39 is 0 Å². The van der Waals surface area contributed by atoms with E-state index in [1.807, 2.05) is 6.07 Å². The molecular formula is C14H19NO2. The van der Waals surface area contributed by atoms with Crippen LogP contribution in [0.1, 0.15) is 31.4 Å². The van der Waals surface area contributed by atoms with Gasteiger partial charge in [0.1, 0.15) is 0 Å². The number of aliphatic imine (C=N–C) groups is 1. The number of hydrogen-bond acceptors (Lipinski definition) is 3. The van der Waals surface area contributed by atoms with E-state index in [-0.39, 0.29) is 0 Å². The average Bonchev–Trinajstić information content (AvgIpc) is 2.69. The van der Waals surface area contributed by atoms with Gasteiger partial charge in [0.15, 0.2) is 11.5 Å². The summed E-state index contributed by atoms with van der Waals surface area (Å²) in [7, 11) is 3.33. The molecule has 0 fully saturated rings. The first-order valence-electron chi connectivity index (χ1n) is 5.97. The fraction of sp³-hybridized carbons (Fsp3) is 0.500. The highest BCUT2D eigenvalue weighted by molar-refractivity contribution is 6.05. The van der Waals surface area contributed by atoms with Crippen molar-refractivity contribution >= 4 is 5.71 Å². The molecule has 0 bridgehead atoms. The van der Waals surface area contributed by atoms with Crippen LogP contribution in [-0.4, -0.2) is 26.0 Å². The number of methoxy groups -OCH3 is 2. The third-order valence-corrected chi connectivity index (χ3v) is 2.97. The molecule has 0 atom stereocenters. The van der Waals surface area contributed by atoms with Crippen LogP contribution in [0.5, 0.6) is 11.5 Å². The quantitative estimate of drug-likeness (QED) is 0.803. The molecule has 0 radical (unpaired) electrons. The Labute approximate surface area is 102 Å². The maximum atomic E-state index is 5.33. The number of ether oxygens (including phenoxy) is 2. The van der Waals surface area contributed by atoms with Crippen LogP contribution in [0.3, 0.4) is 0 Å². The predicted octanol–water partition coefficient (Wildman–Crippen LogP) is 2.85. The van der Waals surface area contributed by atoms with Crippen molar-refractivity contribution in [3.8, 4) is 11.5 Å². The zero-order valence-corrected chi connectivity index (χ0v) is 10.9. The molecule has 0 heterocycles. The van der Waals surface area contributed by atoms with Gasteiger partial charge in [-0.1, -0.05) is 0 Å². The Bertz CT molecular complexity index is 450. The van der Waals surface area contributed by atoms with Crippen LogP contribution < -0.4 is 9.47 Å². The van der Waals surface area contributed by atoms with Gasteiger partial charge in [0.25, 0.3) is 0 Å². The van der Waals surface area contributed by atoms with Crippen molar-refractivity contribution in [2.75, 3.05) is 14.2 Å². The minimum absolute atomic E-state index is 0.337. The summed E-state index contributed by atoms with van der Waals surface area (Å²) in [5.74, 6) is 1.58. The van der Waals surface area contributed by atoms with Gasteiger partial charge in [-0.25, -0.2) is 0 Å². The number of aryl methyl sites for hydroxylation is 1. The van der Waals surface area contributed by atoms with Crippen molar-refractivity contribution < 1.29 is 9.47 Å². The van der Waals surface area contributed by atoms with Crippen LogP contribution in [0, 0.1) is 0 Å². The number of rotatable bonds is 3. The van der Waals surface area contributed by atoms with E-state index in [4.69, 9.17) is 9.47 Å². The van der Waals surface area contributed by atoms with Crippen LogP contribution in [-0.2, 0) is 6.42 Å². The summed E-state index contributed by atoms with van der Waals surface area (Å²) in [6.45, 7) is 4.21. The van der Waals surface area contributed by atoms with E-state index in [1.165, 1.54) is 16.8 Å². The molecule has 0 N–H and O–H groups in total. The van der Waals surface area contributed by atoms with E-state index in [0.717, 1.165) is 24.3 Å². The van der Waals surface area contributed by atoms with Crippen LogP contribution in [0.15, 0.2) is 17.1 Å². The van der Waals surface area contributed by atoms with Crippen molar-refractivity contribution in [2.45, 2.75) is 32.7 Å². The highest BCUT2D eigenvalue weighted by Crippen LogP contribution is 2.35. The molecule has 0 saturated carbocycles. The summed E-state index contributed by atoms with van der Waals surface area (Å²) in [6, 6.07) is 4.45. The zero-order chi connectivity index (χ0) is 12.4. The van der Waals surface area contributed by atoms with E-state index in [0.29, 0.717) is 6.04 Å². The Balaban J connectivity index is 2.46. The van der Waals surface area contributed by atoms with Crippen molar-refractivity contribution in [1.82, 2.24) is 0 Å². The molecule has 0 aliphatic heterocycles. The van der Waals surface area contributed by atoms with Crippen LogP contribution in [0.25, 0.3) is 0 Å². The van der Waals surface area contributed by atoms with E-state index >= 15 is 0 Å². The molecule has 1 aliphatic carbocycles. The van der Waals surface area contributed by atoms with Gasteiger partial charge < -0.3 is 9.47 Å². The second-order valence-corrected chi connectivity index (χ2v) is 4.53. The van der Waals surface area contributed by atoms with E-state index in [2.05, 4.69) is 24.9 Å². The highest BCUT2D eigenvalue weighted by atomic mass is 16.5. The zero-order valence-electron chi connectivity index (χ0n) is 10.9. The summed E-state index contributed by atoms with van der Waals surface area (Å²) < 4.78 is 10.6. The smallest absolute Gasteiger partial charge is 0.161 e. The highest BCUT2D eigenvalue weighted by Gasteiger charge is 2.21. The van der Waals surface area contributed by atoms with E-state index in [9.17, 15) is 0 Å². The first kappa shape index (κ1) is 12.0. The Morgan fingerprint density at radius 3 is 2.29 bits per heavy atom. The minimum atomic E-state index is 0.337. The van der Waals surface area contributed by atoms with Gasteiger partial charge in [-0.15, -0.1) is 0 Å². The number of hydrogen-bond donors (Lipinski definition) is 0. The topological polar surface area (TPSA) is 30.8 Å². The molecule has 1 aliphatic rings. The SMILES string of the molecule is COc1cc2c(cc1OC)C(=NC(C)C)CC2. The summed E-state index contributed by atoms with van der Waals surface area (Å²) in [5, 5.41) is 0. The number of benzene rings is 1. The second-order valence-electron chi connectivity index (χ2n) is 4.53. The monoisotopic (exact) mass is 233 g/mol. The third kappa shape index (κ3) is 2.28. The van der Waals surface area contributed by atoms with Crippen molar-refractivity contribution in [1.29, 1.82) is 0 Å². The lowest BCUT2D eigenvalue weighted by atomic mass is 10.1. The molecule has 1 aromatic rings.